The van der Waals surface area contributed by atoms with Gasteiger partial charge in [0.15, 0.2) is 0 Å². The van der Waals surface area contributed by atoms with Crippen LogP contribution < -0.4 is 20.9 Å². The zero-order valence-corrected chi connectivity index (χ0v) is 22.9. The number of ether oxygens (including phenoxy) is 2. The van der Waals surface area contributed by atoms with Crippen LogP contribution >= 0.6 is 11.3 Å². The number of rotatable bonds is 12. The SMILES string of the molecule is COC(=O)NC(CCC=CC(=O)N(C)C)C(=O)Nc1cccn(Cc2nc3cccc(OCC(F)F)c3s2)c1=O. The molecule has 14 heteroatoms. The van der Waals surface area contributed by atoms with E-state index in [1.807, 2.05) is 0 Å². The van der Waals surface area contributed by atoms with Crippen molar-refractivity contribution < 1.29 is 32.6 Å². The number of aromatic nitrogens is 2. The molecule has 1 unspecified atom stereocenters. The Balaban J connectivity index is 1.74. The predicted octanol–water partition coefficient (Wildman–Crippen LogP) is 3.24. The maximum atomic E-state index is 13.1. The Morgan fingerprint density at radius 1 is 1.20 bits per heavy atom. The van der Waals surface area contributed by atoms with Crippen LogP contribution in [0.15, 0.2) is 53.5 Å². The van der Waals surface area contributed by atoms with Crippen molar-refractivity contribution >= 4 is 45.1 Å². The zero-order valence-electron chi connectivity index (χ0n) is 22.1. The molecule has 3 aromatic rings. The predicted molar refractivity (Wildman–Crippen MR) is 146 cm³/mol. The van der Waals surface area contributed by atoms with Crippen LogP contribution in [0.3, 0.4) is 0 Å². The number of alkyl halides is 2. The number of pyridine rings is 1. The van der Waals surface area contributed by atoms with E-state index in [4.69, 9.17) is 4.74 Å². The summed E-state index contributed by atoms with van der Waals surface area (Å²) in [7, 11) is 4.37. The van der Waals surface area contributed by atoms with Gasteiger partial charge in [-0.1, -0.05) is 12.1 Å². The number of hydrogen-bond acceptors (Lipinski definition) is 8. The van der Waals surface area contributed by atoms with Gasteiger partial charge in [-0.15, -0.1) is 11.3 Å². The molecule has 0 fully saturated rings. The number of hydrogen-bond donors (Lipinski definition) is 2. The summed E-state index contributed by atoms with van der Waals surface area (Å²) < 4.78 is 36.9. The van der Waals surface area contributed by atoms with Crippen molar-refractivity contribution in [1.29, 1.82) is 0 Å². The Morgan fingerprint density at radius 2 is 1.98 bits per heavy atom. The molecule has 0 radical (unpaired) electrons. The van der Waals surface area contributed by atoms with Crippen molar-refractivity contribution in [3.8, 4) is 5.75 Å². The fourth-order valence-electron chi connectivity index (χ4n) is 3.49. The molecule has 1 aromatic carbocycles. The van der Waals surface area contributed by atoms with Gasteiger partial charge in [0.25, 0.3) is 12.0 Å². The van der Waals surface area contributed by atoms with Crippen molar-refractivity contribution in [2.24, 2.45) is 0 Å². The van der Waals surface area contributed by atoms with Gasteiger partial charge in [0.1, 0.15) is 29.1 Å². The number of anilines is 1. The summed E-state index contributed by atoms with van der Waals surface area (Å²) >= 11 is 1.21. The van der Waals surface area contributed by atoms with Gasteiger partial charge in [0, 0.05) is 20.3 Å². The quantitative estimate of drug-likeness (QED) is 0.316. The molecule has 0 spiro atoms. The van der Waals surface area contributed by atoms with Gasteiger partial charge < -0.3 is 29.6 Å². The third kappa shape index (κ3) is 8.33. The molecule has 0 aliphatic carbocycles. The van der Waals surface area contributed by atoms with Crippen LogP contribution in [-0.2, 0) is 20.9 Å². The average Bonchev–Trinajstić information content (AvgIpc) is 3.34. The van der Waals surface area contributed by atoms with Crippen LogP contribution in [0.2, 0.25) is 0 Å². The number of nitrogens with one attached hydrogen (secondary N) is 2. The number of fused-ring (bicyclic) bond motifs is 1. The lowest BCUT2D eigenvalue weighted by Crippen LogP contribution is -2.44. The maximum absolute atomic E-state index is 13.1. The van der Waals surface area contributed by atoms with Crippen molar-refractivity contribution in [3.63, 3.8) is 0 Å². The molecule has 1 atom stereocenters. The van der Waals surface area contributed by atoms with Gasteiger partial charge in [0.2, 0.25) is 11.8 Å². The second-order valence-corrected chi connectivity index (χ2v) is 9.74. The van der Waals surface area contributed by atoms with Crippen LogP contribution in [0.1, 0.15) is 17.8 Å². The lowest BCUT2D eigenvalue weighted by atomic mass is 10.1. The van der Waals surface area contributed by atoms with E-state index in [1.165, 1.54) is 39.1 Å². The third-order valence-electron chi connectivity index (χ3n) is 5.49. The number of halogens is 2. The molecule has 2 aromatic heterocycles. The van der Waals surface area contributed by atoms with E-state index in [1.54, 1.807) is 44.4 Å². The second-order valence-electron chi connectivity index (χ2n) is 8.66. The van der Waals surface area contributed by atoms with Crippen molar-refractivity contribution in [1.82, 2.24) is 19.8 Å². The van der Waals surface area contributed by atoms with E-state index in [0.29, 0.717) is 21.6 Å². The Bertz CT molecular complexity index is 1440. The Hall–Kier alpha value is -4.33. The van der Waals surface area contributed by atoms with Crippen LogP contribution in [0.4, 0.5) is 19.3 Å². The molecule has 2 heterocycles. The molecular formula is C26H29F2N5O6S. The lowest BCUT2D eigenvalue weighted by Gasteiger charge is -2.17. The first-order valence-corrected chi connectivity index (χ1v) is 12.9. The highest BCUT2D eigenvalue weighted by molar-refractivity contribution is 7.19. The number of carbonyl (C=O) groups excluding carboxylic acids is 3. The highest BCUT2D eigenvalue weighted by Crippen LogP contribution is 2.31. The number of benzene rings is 1. The van der Waals surface area contributed by atoms with E-state index in [-0.39, 0.29) is 30.3 Å². The van der Waals surface area contributed by atoms with Crippen LogP contribution in [0.25, 0.3) is 10.2 Å². The minimum absolute atomic E-state index is 0.0236. The summed E-state index contributed by atoms with van der Waals surface area (Å²) in [5.41, 5.74) is 0.00413. The lowest BCUT2D eigenvalue weighted by molar-refractivity contribution is -0.123. The Labute approximate surface area is 232 Å². The Kier molecular flexibility index (Phi) is 10.7. The maximum Gasteiger partial charge on any atom is 0.407 e. The fraction of sp³-hybridized carbons (Fsp3) is 0.346. The molecular weight excluding hydrogens is 548 g/mol. The molecule has 3 rings (SSSR count). The molecule has 2 N–H and O–H groups in total. The monoisotopic (exact) mass is 577 g/mol. The minimum atomic E-state index is -2.62. The van der Waals surface area contributed by atoms with Gasteiger partial charge in [-0.05, 0) is 43.2 Å². The second kappa shape index (κ2) is 14.2. The molecule has 0 bridgehead atoms. The number of likely N-dealkylation sites (N-methyl/N-ethyl adjacent to an activating group) is 1. The zero-order chi connectivity index (χ0) is 29.2. The summed E-state index contributed by atoms with van der Waals surface area (Å²) in [6, 6.07) is 6.88. The molecule has 40 heavy (non-hydrogen) atoms. The van der Waals surface area contributed by atoms with Gasteiger partial charge in [0.05, 0.1) is 23.9 Å². The molecule has 0 saturated heterocycles. The molecule has 11 nitrogen and oxygen atoms in total. The standard InChI is InChI=1S/C26H29F2N5O6S/c1-32(2)22(34)12-5-4-8-17(31-26(37)38-3)24(35)30-18-10-7-13-33(25(18)36)14-21-29-16-9-6-11-19(23(16)40-21)39-15-20(27)28/h5-7,9-13,17,20H,4,8,14-15H2,1-3H3,(H,30,35)(H,31,37). The first kappa shape index (κ1) is 30.2. The minimum Gasteiger partial charge on any atom is -0.486 e. The van der Waals surface area contributed by atoms with Gasteiger partial charge in [-0.3, -0.25) is 14.4 Å². The summed E-state index contributed by atoms with van der Waals surface area (Å²) in [5, 5.41) is 5.50. The number of nitrogens with zero attached hydrogens (tertiary/aromatic N) is 3. The highest BCUT2D eigenvalue weighted by Gasteiger charge is 2.22. The number of methoxy groups -OCH3 is 1. The van der Waals surface area contributed by atoms with Crippen LogP contribution in [0.5, 0.6) is 5.75 Å². The molecule has 0 aliphatic heterocycles. The molecule has 3 amide bonds. The first-order valence-electron chi connectivity index (χ1n) is 12.1. The summed E-state index contributed by atoms with van der Waals surface area (Å²) in [6.07, 6.45) is 1.45. The van der Waals surface area contributed by atoms with E-state index >= 15 is 0 Å². The first-order chi connectivity index (χ1) is 19.1. The summed E-state index contributed by atoms with van der Waals surface area (Å²) in [4.78, 5) is 55.5. The van der Waals surface area contributed by atoms with Crippen LogP contribution in [0, 0.1) is 0 Å². The number of thiazole rings is 1. The third-order valence-corrected chi connectivity index (χ3v) is 6.56. The number of carbonyl (C=O) groups is 3. The number of allylic oxidation sites excluding steroid dienone is 1. The number of alkyl carbamates (subject to hydrolysis) is 1. The van der Waals surface area contributed by atoms with E-state index < -0.39 is 36.6 Å². The summed E-state index contributed by atoms with van der Waals surface area (Å²) in [5.74, 6) is -0.592. The van der Waals surface area contributed by atoms with Crippen molar-refractivity contribution in [2.45, 2.75) is 31.9 Å². The number of amides is 3. The normalized spacial score (nSPS) is 11.9. The topological polar surface area (TPSA) is 132 Å². The average molecular weight is 578 g/mol. The van der Waals surface area contributed by atoms with Gasteiger partial charge in [-0.2, -0.15) is 0 Å². The van der Waals surface area contributed by atoms with E-state index in [0.717, 1.165) is 7.11 Å². The van der Waals surface area contributed by atoms with E-state index in [2.05, 4.69) is 20.4 Å². The van der Waals surface area contributed by atoms with Crippen molar-refractivity contribution in [3.05, 3.63) is 64.0 Å². The van der Waals surface area contributed by atoms with Gasteiger partial charge >= 0.3 is 6.09 Å². The van der Waals surface area contributed by atoms with Crippen LogP contribution in [-0.4, -0.2) is 72.6 Å². The highest BCUT2D eigenvalue weighted by atomic mass is 32.1. The summed E-state index contributed by atoms with van der Waals surface area (Å²) in [6.45, 7) is -0.686. The molecule has 214 valence electrons. The fourth-order valence-corrected chi connectivity index (χ4v) is 4.52. The molecule has 0 saturated carbocycles. The molecule has 0 aliphatic rings. The smallest absolute Gasteiger partial charge is 0.407 e. The van der Waals surface area contributed by atoms with Gasteiger partial charge in [-0.25, -0.2) is 18.6 Å². The van der Waals surface area contributed by atoms with E-state index in [9.17, 15) is 28.0 Å². The van der Waals surface area contributed by atoms with Crippen molar-refractivity contribution in [2.75, 3.05) is 33.1 Å². The Morgan fingerprint density at radius 3 is 2.67 bits per heavy atom. The largest absolute Gasteiger partial charge is 0.486 e.